The van der Waals surface area contributed by atoms with Gasteiger partial charge in [-0.3, -0.25) is 9.69 Å². The number of halogens is 3. The molecule has 8 nitrogen and oxygen atoms in total. The Bertz CT molecular complexity index is 1110. The van der Waals surface area contributed by atoms with Crippen molar-refractivity contribution in [2.75, 3.05) is 46.5 Å². The van der Waals surface area contributed by atoms with E-state index in [0.717, 1.165) is 30.5 Å². The lowest BCUT2D eigenvalue weighted by Crippen LogP contribution is -2.38. The summed E-state index contributed by atoms with van der Waals surface area (Å²) in [5, 5.41) is 8.28. The summed E-state index contributed by atoms with van der Waals surface area (Å²) in [7, 11) is 1.42. The lowest BCUT2D eigenvalue weighted by atomic mass is 10.1. The molecule has 3 aromatic rings. The number of benzene rings is 1. The Morgan fingerprint density at radius 2 is 2.09 bits per heavy atom. The molecule has 1 aromatic carbocycles. The van der Waals surface area contributed by atoms with Crippen LogP contribution < -0.4 is 10.1 Å². The minimum atomic E-state index is -4.82. The van der Waals surface area contributed by atoms with Crippen LogP contribution in [-0.4, -0.2) is 72.1 Å². The Morgan fingerprint density at radius 3 is 2.76 bits per heavy atom. The summed E-state index contributed by atoms with van der Waals surface area (Å²) in [6, 6.07) is 4.70. The number of rotatable bonds is 8. The smallest absolute Gasteiger partial charge is 0.434 e. The average molecular weight is 496 g/mol. The molecule has 1 amide bonds. The molecule has 1 aliphatic heterocycles. The van der Waals surface area contributed by atoms with Gasteiger partial charge in [0.05, 0.1) is 49.0 Å². The third kappa shape index (κ3) is 5.40. The molecule has 34 heavy (non-hydrogen) atoms. The van der Waals surface area contributed by atoms with Crippen LogP contribution in [0, 0.1) is 0 Å². The second-order valence-electron chi connectivity index (χ2n) is 7.64. The molecular weight excluding hydrogens is 471 g/mol. The maximum absolute atomic E-state index is 14.2. The van der Waals surface area contributed by atoms with Gasteiger partial charge in [-0.15, -0.1) is 11.3 Å². The van der Waals surface area contributed by atoms with Crippen LogP contribution in [0.2, 0.25) is 0 Å². The van der Waals surface area contributed by atoms with Gasteiger partial charge in [-0.2, -0.15) is 18.3 Å². The number of carbonyl (C=O) groups is 1. The van der Waals surface area contributed by atoms with Crippen molar-refractivity contribution in [3.8, 4) is 22.7 Å². The average Bonchev–Trinajstić information content (AvgIpc) is 3.52. The molecule has 0 spiro atoms. The third-order valence-corrected chi connectivity index (χ3v) is 6.05. The van der Waals surface area contributed by atoms with Crippen molar-refractivity contribution in [1.29, 1.82) is 0 Å². The van der Waals surface area contributed by atoms with Crippen LogP contribution in [0.15, 0.2) is 35.3 Å². The number of nitrogens with zero attached hydrogens (tertiary/aromatic N) is 4. The number of nitrogens with one attached hydrogen (secondary N) is 1. The summed E-state index contributed by atoms with van der Waals surface area (Å²) in [5.74, 6) is -0.467. The third-order valence-electron chi connectivity index (χ3n) is 5.46. The Labute approximate surface area is 198 Å². The van der Waals surface area contributed by atoms with Gasteiger partial charge in [0, 0.05) is 36.6 Å². The summed E-state index contributed by atoms with van der Waals surface area (Å²) >= 11 is 1.32. The van der Waals surface area contributed by atoms with Crippen molar-refractivity contribution in [1.82, 2.24) is 25.0 Å². The molecule has 1 N–H and O–H groups in total. The van der Waals surface area contributed by atoms with E-state index in [1.165, 1.54) is 24.5 Å². The van der Waals surface area contributed by atoms with Crippen molar-refractivity contribution in [3.05, 3.63) is 46.5 Å². The molecule has 4 rings (SSSR count). The van der Waals surface area contributed by atoms with Gasteiger partial charge < -0.3 is 14.8 Å². The van der Waals surface area contributed by atoms with Gasteiger partial charge in [-0.25, -0.2) is 9.67 Å². The highest BCUT2D eigenvalue weighted by molar-refractivity contribution is 7.07. The standard InChI is InChI=1S/C22H24F3N5O3S/c1-32-15-3-4-16(18-13-34-14-27-18)19(11-15)30-20(22(23,24)25)17(12-28-30)21(31)26-5-2-6-29-7-9-33-10-8-29/h3-4,11-14H,2,5-10H2,1H3,(H,26,31). The zero-order valence-corrected chi connectivity index (χ0v) is 19.3. The molecule has 0 bridgehead atoms. The minimum absolute atomic E-state index is 0.115. The summed E-state index contributed by atoms with van der Waals surface area (Å²) in [6.45, 7) is 3.92. The van der Waals surface area contributed by atoms with Gasteiger partial charge in [0.2, 0.25) is 0 Å². The molecule has 2 aromatic heterocycles. The van der Waals surface area contributed by atoms with E-state index >= 15 is 0 Å². The molecule has 0 saturated carbocycles. The summed E-state index contributed by atoms with van der Waals surface area (Å²) < 4.78 is 53.8. The second-order valence-corrected chi connectivity index (χ2v) is 8.36. The van der Waals surface area contributed by atoms with E-state index in [-0.39, 0.29) is 12.2 Å². The van der Waals surface area contributed by atoms with Crippen LogP contribution in [0.4, 0.5) is 13.2 Å². The Kier molecular flexibility index (Phi) is 7.49. The van der Waals surface area contributed by atoms with Crippen molar-refractivity contribution in [3.63, 3.8) is 0 Å². The molecule has 12 heteroatoms. The molecule has 0 atom stereocenters. The minimum Gasteiger partial charge on any atom is -0.497 e. The monoisotopic (exact) mass is 495 g/mol. The van der Waals surface area contributed by atoms with Crippen LogP contribution in [0.3, 0.4) is 0 Å². The molecule has 0 radical (unpaired) electrons. The molecule has 1 fully saturated rings. The van der Waals surface area contributed by atoms with Gasteiger partial charge in [-0.1, -0.05) is 0 Å². The molecule has 0 unspecified atom stereocenters. The van der Waals surface area contributed by atoms with Crippen molar-refractivity contribution in [2.24, 2.45) is 0 Å². The maximum Gasteiger partial charge on any atom is 0.434 e. The van der Waals surface area contributed by atoms with E-state index in [0.29, 0.717) is 36.6 Å². The van der Waals surface area contributed by atoms with Crippen LogP contribution >= 0.6 is 11.3 Å². The summed E-state index contributed by atoms with van der Waals surface area (Å²) in [5.41, 5.74) is 0.957. The van der Waals surface area contributed by atoms with Crippen molar-refractivity contribution >= 4 is 17.2 Å². The van der Waals surface area contributed by atoms with Crippen molar-refractivity contribution in [2.45, 2.75) is 12.6 Å². The zero-order chi connectivity index (χ0) is 24.1. The number of thiazole rings is 1. The lowest BCUT2D eigenvalue weighted by Gasteiger charge is -2.26. The fourth-order valence-corrected chi connectivity index (χ4v) is 4.32. The topological polar surface area (TPSA) is 81.5 Å². The lowest BCUT2D eigenvalue weighted by molar-refractivity contribution is -0.143. The van der Waals surface area contributed by atoms with Gasteiger partial charge in [0.1, 0.15) is 5.75 Å². The Balaban J connectivity index is 1.60. The van der Waals surface area contributed by atoms with Gasteiger partial charge in [0.25, 0.3) is 5.91 Å². The largest absolute Gasteiger partial charge is 0.497 e. The quantitative estimate of drug-likeness (QED) is 0.482. The number of amides is 1. The SMILES string of the molecule is COc1ccc(-c2cscn2)c(-n2ncc(C(=O)NCCCN3CCOCC3)c2C(F)(F)F)c1. The molecule has 3 heterocycles. The second kappa shape index (κ2) is 10.5. The maximum atomic E-state index is 14.2. The van der Waals surface area contributed by atoms with Gasteiger partial charge >= 0.3 is 6.18 Å². The molecular formula is C22H24F3N5O3S. The number of hydrogen-bond donors (Lipinski definition) is 1. The molecule has 1 aliphatic rings. The van der Waals surface area contributed by atoms with E-state index in [1.807, 2.05) is 0 Å². The first-order valence-electron chi connectivity index (χ1n) is 10.7. The highest BCUT2D eigenvalue weighted by atomic mass is 32.1. The van der Waals surface area contributed by atoms with E-state index < -0.39 is 23.3 Å². The van der Waals surface area contributed by atoms with Crippen LogP contribution in [-0.2, 0) is 10.9 Å². The molecule has 0 aliphatic carbocycles. The number of ether oxygens (including phenoxy) is 2. The number of aromatic nitrogens is 3. The number of morpholine rings is 1. The first kappa shape index (κ1) is 24.2. The fourth-order valence-electron chi connectivity index (χ4n) is 3.77. The van der Waals surface area contributed by atoms with Crippen LogP contribution in [0.25, 0.3) is 16.9 Å². The number of methoxy groups -OCH3 is 1. The highest BCUT2D eigenvalue weighted by Gasteiger charge is 2.41. The van der Waals surface area contributed by atoms with E-state index in [1.54, 1.807) is 23.0 Å². The predicted octanol–water partition coefficient (Wildman–Crippen LogP) is 3.48. The Hall–Kier alpha value is -2.96. The summed E-state index contributed by atoms with van der Waals surface area (Å²) in [6.07, 6.45) is -3.26. The van der Waals surface area contributed by atoms with E-state index in [2.05, 4.69) is 20.3 Å². The summed E-state index contributed by atoms with van der Waals surface area (Å²) in [4.78, 5) is 19.1. The van der Waals surface area contributed by atoms with Gasteiger partial charge in [-0.05, 0) is 25.1 Å². The predicted molar refractivity (Wildman–Crippen MR) is 120 cm³/mol. The molecule has 182 valence electrons. The fraction of sp³-hybridized carbons (Fsp3) is 0.409. The number of carbonyl (C=O) groups excluding carboxylic acids is 1. The normalized spacial score (nSPS) is 14.8. The molecule has 1 saturated heterocycles. The number of alkyl halides is 3. The zero-order valence-electron chi connectivity index (χ0n) is 18.5. The van der Waals surface area contributed by atoms with E-state index in [4.69, 9.17) is 9.47 Å². The first-order chi connectivity index (χ1) is 16.4. The highest BCUT2D eigenvalue weighted by Crippen LogP contribution is 2.37. The first-order valence-corrected chi connectivity index (χ1v) is 11.6. The van der Waals surface area contributed by atoms with Gasteiger partial charge in [0.15, 0.2) is 5.69 Å². The van der Waals surface area contributed by atoms with Crippen LogP contribution in [0.5, 0.6) is 5.75 Å². The van der Waals surface area contributed by atoms with E-state index in [9.17, 15) is 18.0 Å². The Morgan fingerprint density at radius 1 is 1.29 bits per heavy atom. The van der Waals surface area contributed by atoms with Crippen molar-refractivity contribution < 1.29 is 27.4 Å². The van der Waals surface area contributed by atoms with Crippen LogP contribution in [0.1, 0.15) is 22.5 Å². The number of hydrogen-bond acceptors (Lipinski definition) is 7.